The normalized spacial score (nSPS) is 12.7. The summed E-state index contributed by atoms with van der Waals surface area (Å²) in [6.45, 7) is -0.709. The Balaban J connectivity index is 2.10. The van der Waals surface area contributed by atoms with Gasteiger partial charge in [-0.25, -0.2) is 4.39 Å². The fourth-order valence-corrected chi connectivity index (χ4v) is 1.98. The Morgan fingerprint density at radius 1 is 1.21 bits per heavy atom. The maximum Gasteiger partial charge on any atom is 0.416 e. The molecule has 0 aliphatic carbocycles. The van der Waals surface area contributed by atoms with Gasteiger partial charge in [0.2, 0.25) is 0 Å². The van der Waals surface area contributed by atoms with E-state index in [0.717, 1.165) is 7.11 Å². The van der Waals surface area contributed by atoms with E-state index in [2.05, 4.69) is 15.0 Å². The Morgan fingerprint density at radius 2 is 1.88 bits per heavy atom. The number of alkyl halides is 3. The average Bonchev–Trinajstić information content (AvgIpc) is 2.55. The van der Waals surface area contributed by atoms with Crippen LogP contribution in [0, 0.1) is 5.82 Å². The summed E-state index contributed by atoms with van der Waals surface area (Å²) in [5.41, 5.74) is 1.26. The molecule has 1 unspecified atom stereocenters. The molecule has 8 heteroatoms. The molecule has 24 heavy (non-hydrogen) atoms. The SMILES string of the molecule is COC(CNC(=O)c1cncc(-c2ccc(F)cc2)c1)C(F)(F)F. The molecule has 1 heterocycles. The van der Waals surface area contributed by atoms with Gasteiger partial charge in [0.15, 0.2) is 6.10 Å². The number of nitrogens with zero attached hydrogens (tertiary/aromatic N) is 1. The minimum Gasteiger partial charge on any atom is -0.370 e. The second kappa shape index (κ2) is 7.39. The van der Waals surface area contributed by atoms with Crippen molar-refractivity contribution in [3.8, 4) is 11.1 Å². The number of benzene rings is 1. The number of carbonyl (C=O) groups excluding carboxylic acids is 1. The first-order valence-electron chi connectivity index (χ1n) is 6.90. The molecule has 2 rings (SSSR count). The summed E-state index contributed by atoms with van der Waals surface area (Å²) in [5.74, 6) is -1.11. The molecule has 0 radical (unpaired) electrons. The Morgan fingerprint density at radius 3 is 2.46 bits per heavy atom. The highest BCUT2D eigenvalue weighted by Gasteiger charge is 2.40. The predicted octanol–water partition coefficient (Wildman–Crippen LogP) is 3.19. The van der Waals surface area contributed by atoms with Crippen LogP contribution in [0.3, 0.4) is 0 Å². The number of methoxy groups -OCH3 is 1. The zero-order valence-electron chi connectivity index (χ0n) is 12.6. The summed E-state index contributed by atoms with van der Waals surface area (Å²) in [4.78, 5) is 15.9. The van der Waals surface area contributed by atoms with Crippen LogP contribution in [-0.2, 0) is 4.74 Å². The lowest BCUT2D eigenvalue weighted by molar-refractivity contribution is -0.210. The van der Waals surface area contributed by atoms with E-state index in [0.29, 0.717) is 11.1 Å². The molecule has 1 atom stereocenters. The van der Waals surface area contributed by atoms with E-state index in [1.807, 2.05) is 0 Å². The van der Waals surface area contributed by atoms with E-state index in [1.54, 1.807) is 0 Å². The van der Waals surface area contributed by atoms with Crippen LogP contribution in [0.1, 0.15) is 10.4 Å². The first-order chi connectivity index (χ1) is 11.3. The van der Waals surface area contributed by atoms with Gasteiger partial charge in [0.25, 0.3) is 5.91 Å². The van der Waals surface area contributed by atoms with Gasteiger partial charge in [-0.3, -0.25) is 9.78 Å². The lowest BCUT2D eigenvalue weighted by atomic mass is 10.1. The molecule has 0 fully saturated rings. The minimum absolute atomic E-state index is 0.0915. The fourth-order valence-electron chi connectivity index (χ4n) is 1.98. The molecule has 0 saturated heterocycles. The van der Waals surface area contributed by atoms with E-state index in [1.165, 1.54) is 42.7 Å². The van der Waals surface area contributed by atoms with Crippen LogP contribution in [0.4, 0.5) is 17.6 Å². The molecule has 0 aliphatic rings. The van der Waals surface area contributed by atoms with Crippen molar-refractivity contribution < 1.29 is 27.1 Å². The summed E-state index contributed by atoms with van der Waals surface area (Å²) in [6.07, 6.45) is -3.96. The summed E-state index contributed by atoms with van der Waals surface area (Å²) < 4.78 is 55.0. The molecule has 128 valence electrons. The van der Waals surface area contributed by atoms with Gasteiger partial charge in [0.05, 0.1) is 12.1 Å². The van der Waals surface area contributed by atoms with Gasteiger partial charge in [-0.15, -0.1) is 0 Å². The smallest absolute Gasteiger partial charge is 0.370 e. The van der Waals surface area contributed by atoms with Gasteiger partial charge >= 0.3 is 6.18 Å². The predicted molar refractivity (Wildman–Crippen MR) is 78.8 cm³/mol. The maximum absolute atomic E-state index is 12.9. The van der Waals surface area contributed by atoms with Crippen LogP contribution in [-0.4, -0.2) is 36.8 Å². The van der Waals surface area contributed by atoms with Crippen molar-refractivity contribution in [3.63, 3.8) is 0 Å². The van der Waals surface area contributed by atoms with Gasteiger partial charge in [0.1, 0.15) is 5.82 Å². The molecule has 0 bridgehead atoms. The Labute approximate surface area is 135 Å². The number of hydrogen-bond donors (Lipinski definition) is 1. The molecule has 0 aliphatic heterocycles. The zero-order chi connectivity index (χ0) is 17.7. The molecular formula is C16H14F4N2O2. The van der Waals surface area contributed by atoms with Crippen LogP contribution in [0.25, 0.3) is 11.1 Å². The third-order valence-corrected chi connectivity index (χ3v) is 3.28. The maximum atomic E-state index is 12.9. The van der Waals surface area contributed by atoms with Crippen molar-refractivity contribution in [3.05, 3.63) is 54.1 Å². The van der Waals surface area contributed by atoms with E-state index in [-0.39, 0.29) is 5.56 Å². The first-order valence-corrected chi connectivity index (χ1v) is 6.90. The number of aromatic nitrogens is 1. The number of halogens is 4. The first kappa shape index (κ1) is 17.9. The van der Waals surface area contributed by atoms with E-state index in [4.69, 9.17) is 0 Å². The van der Waals surface area contributed by atoms with Crippen molar-refractivity contribution >= 4 is 5.91 Å². The largest absolute Gasteiger partial charge is 0.416 e. The third kappa shape index (κ3) is 4.51. The summed E-state index contributed by atoms with van der Waals surface area (Å²) in [7, 11) is 0.918. The molecular weight excluding hydrogens is 328 g/mol. The molecule has 0 spiro atoms. The van der Waals surface area contributed by atoms with E-state index >= 15 is 0 Å². The average molecular weight is 342 g/mol. The van der Waals surface area contributed by atoms with Crippen molar-refractivity contribution in [2.24, 2.45) is 0 Å². The summed E-state index contributed by atoms with van der Waals surface area (Å²) in [5, 5.41) is 2.16. The van der Waals surface area contributed by atoms with Gasteiger partial charge < -0.3 is 10.1 Å². The number of nitrogens with one attached hydrogen (secondary N) is 1. The van der Waals surface area contributed by atoms with Crippen molar-refractivity contribution in [1.82, 2.24) is 10.3 Å². The van der Waals surface area contributed by atoms with Crippen LogP contribution in [0.15, 0.2) is 42.7 Å². The zero-order valence-corrected chi connectivity index (χ0v) is 12.6. The van der Waals surface area contributed by atoms with Gasteiger partial charge in [-0.1, -0.05) is 12.1 Å². The van der Waals surface area contributed by atoms with Crippen LogP contribution < -0.4 is 5.32 Å². The summed E-state index contributed by atoms with van der Waals surface area (Å²) >= 11 is 0. The molecule has 1 amide bonds. The van der Waals surface area contributed by atoms with Crippen LogP contribution in [0.5, 0.6) is 0 Å². The van der Waals surface area contributed by atoms with Gasteiger partial charge in [0, 0.05) is 25.1 Å². The number of hydrogen-bond acceptors (Lipinski definition) is 3. The second-order valence-electron chi connectivity index (χ2n) is 4.95. The molecule has 0 saturated carbocycles. The highest BCUT2D eigenvalue weighted by Crippen LogP contribution is 2.22. The van der Waals surface area contributed by atoms with Gasteiger partial charge in [-0.2, -0.15) is 13.2 Å². The lowest BCUT2D eigenvalue weighted by Gasteiger charge is -2.19. The van der Waals surface area contributed by atoms with E-state index < -0.39 is 30.5 Å². The molecule has 1 aromatic carbocycles. The molecule has 1 N–H and O–H groups in total. The topological polar surface area (TPSA) is 51.2 Å². The summed E-state index contributed by atoms with van der Waals surface area (Å²) in [6, 6.07) is 7.01. The Hall–Kier alpha value is -2.48. The Kier molecular flexibility index (Phi) is 5.50. The van der Waals surface area contributed by atoms with Crippen LogP contribution in [0.2, 0.25) is 0 Å². The number of pyridine rings is 1. The van der Waals surface area contributed by atoms with Crippen molar-refractivity contribution in [1.29, 1.82) is 0 Å². The molecule has 4 nitrogen and oxygen atoms in total. The number of amides is 1. The van der Waals surface area contributed by atoms with Gasteiger partial charge in [-0.05, 0) is 23.8 Å². The number of rotatable bonds is 5. The lowest BCUT2D eigenvalue weighted by Crippen LogP contribution is -2.42. The van der Waals surface area contributed by atoms with Crippen molar-refractivity contribution in [2.45, 2.75) is 12.3 Å². The number of carbonyl (C=O) groups is 1. The second-order valence-corrected chi connectivity index (χ2v) is 4.95. The highest BCUT2D eigenvalue weighted by molar-refractivity contribution is 5.95. The highest BCUT2D eigenvalue weighted by atomic mass is 19.4. The monoisotopic (exact) mass is 342 g/mol. The molecule has 2 aromatic rings. The number of ether oxygens (including phenoxy) is 1. The van der Waals surface area contributed by atoms with E-state index in [9.17, 15) is 22.4 Å². The molecule has 1 aromatic heterocycles. The van der Waals surface area contributed by atoms with Crippen molar-refractivity contribution in [2.75, 3.05) is 13.7 Å². The van der Waals surface area contributed by atoms with Crippen LogP contribution >= 0.6 is 0 Å². The third-order valence-electron chi connectivity index (χ3n) is 3.28. The quantitative estimate of drug-likeness (QED) is 0.849. The Bertz CT molecular complexity index is 702. The minimum atomic E-state index is -4.57. The standard InChI is InChI=1S/C16H14F4N2O2/c1-24-14(16(18,19)20)9-22-15(23)12-6-11(7-21-8-12)10-2-4-13(17)5-3-10/h2-8,14H,9H2,1H3,(H,22,23). The fraction of sp³-hybridized carbons (Fsp3) is 0.250.